The minimum absolute atomic E-state index is 0.0471. The number of halogens is 1. The Labute approximate surface area is 113 Å². The Balaban J connectivity index is 2.37. The Morgan fingerprint density at radius 2 is 2.00 bits per heavy atom. The first-order valence-electron chi connectivity index (χ1n) is 5.34. The molecule has 0 radical (unpaired) electrons. The van der Waals surface area contributed by atoms with Crippen LogP contribution in [0.3, 0.4) is 0 Å². The SMILES string of the molecule is Cc1cccc(Nc2ccc(Br)cc2[N+](=O)[O-])c1. The van der Waals surface area contributed by atoms with E-state index in [1.807, 2.05) is 31.2 Å². The number of aryl methyl sites for hydroxylation is 1. The van der Waals surface area contributed by atoms with Gasteiger partial charge < -0.3 is 5.32 Å². The van der Waals surface area contributed by atoms with Crippen LogP contribution in [0.2, 0.25) is 0 Å². The zero-order valence-electron chi connectivity index (χ0n) is 9.68. The van der Waals surface area contributed by atoms with Gasteiger partial charge in [0.25, 0.3) is 5.69 Å². The van der Waals surface area contributed by atoms with E-state index in [4.69, 9.17) is 0 Å². The molecule has 5 heteroatoms. The molecule has 0 atom stereocenters. The summed E-state index contributed by atoms with van der Waals surface area (Å²) in [5.41, 5.74) is 2.46. The van der Waals surface area contributed by atoms with E-state index in [0.717, 1.165) is 11.3 Å². The number of hydrogen-bond donors (Lipinski definition) is 1. The van der Waals surface area contributed by atoms with E-state index >= 15 is 0 Å². The fourth-order valence-electron chi connectivity index (χ4n) is 1.64. The number of benzene rings is 2. The number of nitro groups is 1. The minimum Gasteiger partial charge on any atom is -0.350 e. The van der Waals surface area contributed by atoms with Crippen LogP contribution in [0.25, 0.3) is 0 Å². The van der Waals surface area contributed by atoms with Crippen LogP contribution < -0.4 is 5.32 Å². The number of hydrogen-bond acceptors (Lipinski definition) is 3. The second kappa shape index (κ2) is 5.18. The van der Waals surface area contributed by atoms with Crippen molar-refractivity contribution in [1.29, 1.82) is 0 Å². The molecule has 0 spiro atoms. The standard InChI is InChI=1S/C13H11BrN2O2/c1-9-3-2-4-11(7-9)15-12-6-5-10(14)8-13(12)16(17)18/h2-8,15H,1H3. The Kier molecular flexibility index (Phi) is 3.62. The maximum atomic E-state index is 11.0. The normalized spacial score (nSPS) is 10.1. The Bertz CT molecular complexity index is 599. The second-order valence-corrected chi connectivity index (χ2v) is 4.83. The molecule has 0 unspecified atom stereocenters. The van der Waals surface area contributed by atoms with E-state index in [1.165, 1.54) is 6.07 Å². The van der Waals surface area contributed by atoms with Crippen molar-refractivity contribution in [2.45, 2.75) is 6.92 Å². The summed E-state index contributed by atoms with van der Waals surface area (Å²) >= 11 is 3.23. The third kappa shape index (κ3) is 2.87. The first-order chi connectivity index (χ1) is 8.56. The van der Waals surface area contributed by atoms with Gasteiger partial charge in [0.05, 0.1) is 4.92 Å². The van der Waals surface area contributed by atoms with Gasteiger partial charge in [0.15, 0.2) is 0 Å². The van der Waals surface area contributed by atoms with Gasteiger partial charge in [0.2, 0.25) is 0 Å². The molecule has 2 aromatic carbocycles. The maximum absolute atomic E-state index is 11.0. The molecule has 4 nitrogen and oxygen atoms in total. The van der Waals surface area contributed by atoms with Gasteiger partial charge in [-0.3, -0.25) is 10.1 Å². The van der Waals surface area contributed by atoms with Gasteiger partial charge in [0, 0.05) is 16.2 Å². The van der Waals surface area contributed by atoms with Crippen LogP contribution in [0.1, 0.15) is 5.56 Å². The molecule has 0 heterocycles. The molecule has 0 aliphatic carbocycles. The van der Waals surface area contributed by atoms with E-state index in [1.54, 1.807) is 12.1 Å². The summed E-state index contributed by atoms with van der Waals surface area (Å²) < 4.78 is 0.684. The molecule has 0 saturated heterocycles. The molecular weight excluding hydrogens is 296 g/mol. The van der Waals surface area contributed by atoms with Crippen molar-refractivity contribution >= 4 is 33.0 Å². The maximum Gasteiger partial charge on any atom is 0.293 e. The predicted molar refractivity (Wildman–Crippen MR) is 75.3 cm³/mol. The molecule has 1 N–H and O–H groups in total. The quantitative estimate of drug-likeness (QED) is 0.675. The molecule has 2 rings (SSSR count). The number of rotatable bonds is 3. The van der Waals surface area contributed by atoms with Gasteiger partial charge in [-0.2, -0.15) is 0 Å². The minimum atomic E-state index is -0.400. The molecule has 0 aromatic heterocycles. The number of nitrogens with zero attached hydrogens (tertiary/aromatic N) is 1. The lowest BCUT2D eigenvalue weighted by atomic mass is 10.2. The van der Waals surface area contributed by atoms with Crippen molar-refractivity contribution in [2.24, 2.45) is 0 Å². The predicted octanol–water partition coefficient (Wildman–Crippen LogP) is 4.41. The van der Waals surface area contributed by atoms with E-state index in [9.17, 15) is 10.1 Å². The van der Waals surface area contributed by atoms with Crippen LogP contribution in [0.5, 0.6) is 0 Å². The van der Waals surface area contributed by atoms with E-state index in [-0.39, 0.29) is 5.69 Å². The van der Waals surface area contributed by atoms with Gasteiger partial charge in [-0.15, -0.1) is 0 Å². The van der Waals surface area contributed by atoms with Gasteiger partial charge in [-0.25, -0.2) is 0 Å². The van der Waals surface area contributed by atoms with E-state index in [0.29, 0.717) is 10.2 Å². The fourth-order valence-corrected chi connectivity index (χ4v) is 1.99. The van der Waals surface area contributed by atoms with Crippen molar-refractivity contribution in [2.75, 3.05) is 5.32 Å². The summed E-state index contributed by atoms with van der Waals surface area (Å²) in [4.78, 5) is 10.6. The van der Waals surface area contributed by atoms with E-state index in [2.05, 4.69) is 21.2 Å². The van der Waals surface area contributed by atoms with Crippen molar-refractivity contribution in [1.82, 2.24) is 0 Å². The van der Waals surface area contributed by atoms with Gasteiger partial charge in [-0.05, 0) is 36.8 Å². The molecule has 0 aliphatic rings. The van der Waals surface area contributed by atoms with Gasteiger partial charge in [0.1, 0.15) is 5.69 Å². The summed E-state index contributed by atoms with van der Waals surface area (Å²) in [5, 5.41) is 14.0. The van der Waals surface area contributed by atoms with Crippen molar-refractivity contribution < 1.29 is 4.92 Å². The number of anilines is 2. The topological polar surface area (TPSA) is 55.2 Å². The van der Waals surface area contributed by atoms with Crippen LogP contribution in [0.4, 0.5) is 17.1 Å². The fraction of sp³-hybridized carbons (Fsp3) is 0.0769. The van der Waals surface area contributed by atoms with Crippen molar-refractivity contribution in [3.05, 3.63) is 62.6 Å². The largest absolute Gasteiger partial charge is 0.350 e. The van der Waals surface area contributed by atoms with Crippen molar-refractivity contribution in [3.8, 4) is 0 Å². The highest BCUT2D eigenvalue weighted by Gasteiger charge is 2.14. The van der Waals surface area contributed by atoms with Crippen molar-refractivity contribution in [3.63, 3.8) is 0 Å². The highest BCUT2D eigenvalue weighted by Crippen LogP contribution is 2.30. The highest BCUT2D eigenvalue weighted by molar-refractivity contribution is 9.10. The zero-order chi connectivity index (χ0) is 13.1. The molecule has 92 valence electrons. The Hall–Kier alpha value is -1.88. The summed E-state index contributed by atoms with van der Waals surface area (Å²) in [6.07, 6.45) is 0. The van der Waals surface area contributed by atoms with Crippen LogP contribution in [0.15, 0.2) is 46.9 Å². The first-order valence-corrected chi connectivity index (χ1v) is 6.13. The molecule has 0 amide bonds. The molecule has 0 fully saturated rings. The second-order valence-electron chi connectivity index (χ2n) is 3.91. The summed E-state index contributed by atoms with van der Waals surface area (Å²) in [5.74, 6) is 0. The number of nitro benzene ring substituents is 1. The third-order valence-corrected chi connectivity index (χ3v) is 2.95. The third-order valence-electron chi connectivity index (χ3n) is 2.45. The lowest BCUT2D eigenvalue weighted by Crippen LogP contribution is -1.97. The summed E-state index contributed by atoms with van der Waals surface area (Å²) in [6, 6.07) is 12.6. The van der Waals surface area contributed by atoms with Gasteiger partial charge in [-0.1, -0.05) is 28.1 Å². The summed E-state index contributed by atoms with van der Waals surface area (Å²) in [7, 11) is 0. The van der Waals surface area contributed by atoms with Crippen LogP contribution in [-0.2, 0) is 0 Å². The molecule has 0 saturated carbocycles. The van der Waals surface area contributed by atoms with E-state index < -0.39 is 4.92 Å². The van der Waals surface area contributed by atoms with Crippen LogP contribution >= 0.6 is 15.9 Å². The average Bonchev–Trinajstić information content (AvgIpc) is 2.31. The highest BCUT2D eigenvalue weighted by atomic mass is 79.9. The lowest BCUT2D eigenvalue weighted by molar-refractivity contribution is -0.384. The molecule has 18 heavy (non-hydrogen) atoms. The monoisotopic (exact) mass is 306 g/mol. The zero-order valence-corrected chi connectivity index (χ0v) is 11.3. The molecular formula is C13H11BrN2O2. The average molecular weight is 307 g/mol. The molecule has 0 aliphatic heterocycles. The van der Waals surface area contributed by atoms with Crippen LogP contribution in [0, 0.1) is 17.0 Å². The van der Waals surface area contributed by atoms with Gasteiger partial charge >= 0.3 is 0 Å². The lowest BCUT2D eigenvalue weighted by Gasteiger charge is -2.08. The number of nitrogens with one attached hydrogen (secondary N) is 1. The molecule has 0 bridgehead atoms. The first kappa shape index (κ1) is 12.6. The smallest absolute Gasteiger partial charge is 0.293 e. The summed E-state index contributed by atoms with van der Waals surface area (Å²) in [6.45, 7) is 1.97. The Morgan fingerprint density at radius 1 is 1.22 bits per heavy atom. The Morgan fingerprint density at radius 3 is 2.67 bits per heavy atom. The molecule has 2 aromatic rings. The van der Waals surface area contributed by atoms with Crippen LogP contribution in [-0.4, -0.2) is 4.92 Å².